The van der Waals surface area contributed by atoms with Crippen LogP contribution in [0.15, 0.2) is 97.1 Å². The Morgan fingerprint density at radius 2 is 1.57 bits per heavy atom. The van der Waals surface area contributed by atoms with Crippen LogP contribution < -0.4 is 15.4 Å². The third kappa shape index (κ3) is 6.91. The maximum absolute atomic E-state index is 14.0. The number of esters is 1. The average Bonchev–Trinajstić information content (AvgIpc) is 3.00. The molecule has 1 heterocycles. The van der Waals surface area contributed by atoms with E-state index in [0.29, 0.717) is 34.3 Å². The molecule has 204 valence electrons. The van der Waals surface area contributed by atoms with Crippen LogP contribution in [0.1, 0.15) is 35.3 Å². The van der Waals surface area contributed by atoms with Gasteiger partial charge in [0, 0.05) is 23.1 Å². The number of para-hydroxylation sites is 1. The van der Waals surface area contributed by atoms with Crippen LogP contribution in [0.25, 0.3) is 22.2 Å². The summed E-state index contributed by atoms with van der Waals surface area (Å²) in [5.41, 5.74) is 3.35. The van der Waals surface area contributed by atoms with Crippen molar-refractivity contribution in [2.24, 2.45) is 0 Å². The van der Waals surface area contributed by atoms with Gasteiger partial charge in [-0.15, -0.1) is 0 Å². The Bertz CT molecular complexity index is 1500. The van der Waals surface area contributed by atoms with E-state index in [9.17, 15) is 14.4 Å². The summed E-state index contributed by atoms with van der Waals surface area (Å²) in [4.78, 5) is 42.2. The molecule has 0 aliphatic carbocycles. The second-order valence-electron chi connectivity index (χ2n) is 8.89. The van der Waals surface area contributed by atoms with Crippen LogP contribution in [0.3, 0.4) is 0 Å². The van der Waals surface area contributed by atoms with Gasteiger partial charge in [-0.1, -0.05) is 85.8 Å². The van der Waals surface area contributed by atoms with Gasteiger partial charge >= 0.3 is 5.97 Å². The van der Waals surface area contributed by atoms with Gasteiger partial charge in [-0.05, 0) is 18.1 Å². The number of pyridine rings is 1. The lowest BCUT2D eigenvalue weighted by molar-refractivity contribution is -0.135. The van der Waals surface area contributed by atoms with Crippen molar-refractivity contribution in [3.63, 3.8) is 0 Å². The molecule has 0 saturated heterocycles. The van der Waals surface area contributed by atoms with Crippen LogP contribution in [0.5, 0.6) is 5.75 Å². The normalized spacial score (nSPS) is 11.7. The summed E-state index contributed by atoms with van der Waals surface area (Å²) in [7, 11) is 1.23. The molecule has 0 spiro atoms. The standard InChI is InChI=1S/C32H31N3O5/c1-3-25(22-12-6-4-7-13-22)35-32(38)29-24-16-10-11-17-26(24)34-30(23-14-8-5-9-15-23)31(29)40-21-20-33-27(36)18-19-28(37)39-2/h4-19,25H,3,20-21H2,1-2H3,(H,33,36)(H,35,38)/b19-18-/t25-/m0/s1. The topological polar surface area (TPSA) is 107 Å². The number of nitrogens with one attached hydrogen (secondary N) is 2. The summed E-state index contributed by atoms with van der Waals surface area (Å²) < 4.78 is 10.7. The van der Waals surface area contributed by atoms with Crippen LogP contribution >= 0.6 is 0 Å². The molecule has 40 heavy (non-hydrogen) atoms. The fraction of sp³-hybridized carbons (Fsp3) is 0.188. The predicted octanol–water partition coefficient (Wildman–Crippen LogP) is 5.01. The number of rotatable bonds is 11. The first-order valence-corrected chi connectivity index (χ1v) is 13.0. The number of carbonyl (C=O) groups is 3. The number of aromatic nitrogens is 1. The van der Waals surface area contributed by atoms with E-state index in [0.717, 1.165) is 23.3 Å². The molecule has 3 aromatic carbocycles. The monoisotopic (exact) mass is 537 g/mol. The van der Waals surface area contributed by atoms with E-state index in [1.807, 2.05) is 91.9 Å². The molecule has 1 atom stereocenters. The lowest BCUT2D eigenvalue weighted by Crippen LogP contribution is -2.30. The minimum atomic E-state index is -0.627. The molecule has 4 rings (SSSR count). The van der Waals surface area contributed by atoms with Crippen molar-refractivity contribution >= 4 is 28.7 Å². The maximum Gasteiger partial charge on any atom is 0.330 e. The highest BCUT2D eigenvalue weighted by molar-refractivity contribution is 6.10. The van der Waals surface area contributed by atoms with Gasteiger partial charge in [0.1, 0.15) is 12.3 Å². The molecule has 2 N–H and O–H groups in total. The number of amides is 2. The zero-order valence-corrected chi connectivity index (χ0v) is 22.4. The van der Waals surface area contributed by atoms with Gasteiger partial charge in [0.2, 0.25) is 5.91 Å². The van der Waals surface area contributed by atoms with Crippen molar-refractivity contribution < 1.29 is 23.9 Å². The summed E-state index contributed by atoms with van der Waals surface area (Å²) >= 11 is 0. The number of benzene rings is 3. The molecule has 0 bridgehead atoms. The molecule has 0 aliphatic heterocycles. The van der Waals surface area contributed by atoms with E-state index < -0.39 is 11.9 Å². The molecule has 0 fully saturated rings. The SMILES string of the molecule is CC[C@H](NC(=O)c1c(OCCNC(=O)/C=C\C(=O)OC)c(-c2ccccc2)nc2ccccc12)c1ccccc1. The number of hydrogen-bond donors (Lipinski definition) is 2. The van der Waals surface area contributed by atoms with Crippen LogP contribution in [-0.4, -0.2) is 43.0 Å². The molecule has 0 saturated carbocycles. The minimum Gasteiger partial charge on any atom is -0.489 e. The van der Waals surface area contributed by atoms with Gasteiger partial charge in [-0.25, -0.2) is 9.78 Å². The zero-order chi connectivity index (χ0) is 28.3. The van der Waals surface area contributed by atoms with Gasteiger partial charge in [0.25, 0.3) is 5.91 Å². The fourth-order valence-electron chi connectivity index (χ4n) is 4.29. The molecule has 0 aliphatic rings. The summed E-state index contributed by atoms with van der Waals surface area (Å²) in [6.45, 7) is 2.22. The van der Waals surface area contributed by atoms with Gasteiger partial charge < -0.3 is 20.1 Å². The summed E-state index contributed by atoms with van der Waals surface area (Å²) in [6.07, 6.45) is 2.83. The molecule has 2 amide bonds. The van der Waals surface area contributed by atoms with Crippen molar-refractivity contribution in [3.05, 3.63) is 108 Å². The third-order valence-electron chi connectivity index (χ3n) is 6.26. The van der Waals surface area contributed by atoms with E-state index in [4.69, 9.17) is 9.72 Å². The number of carbonyl (C=O) groups excluding carboxylic acids is 3. The van der Waals surface area contributed by atoms with Crippen molar-refractivity contribution in [2.45, 2.75) is 19.4 Å². The molecule has 8 heteroatoms. The summed E-state index contributed by atoms with van der Waals surface area (Å²) in [5.74, 6) is -1.06. The molecule has 8 nitrogen and oxygen atoms in total. The predicted molar refractivity (Wildman–Crippen MR) is 154 cm³/mol. The highest BCUT2D eigenvalue weighted by Gasteiger charge is 2.25. The summed E-state index contributed by atoms with van der Waals surface area (Å²) in [5, 5.41) is 6.50. The fourth-order valence-corrected chi connectivity index (χ4v) is 4.29. The maximum atomic E-state index is 14.0. The second kappa shape index (κ2) is 13.7. The largest absolute Gasteiger partial charge is 0.489 e. The Morgan fingerprint density at radius 1 is 0.900 bits per heavy atom. The Morgan fingerprint density at radius 3 is 2.27 bits per heavy atom. The first kappa shape index (κ1) is 28.0. The lowest BCUT2D eigenvalue weighted by Gasteiger charge is -2.21. The zero-order valence-electron chi connectivity index (χ0n) is 22.4. The quantitative estimate of drug-likeness (QED) is 0.158. The molecule has 0 radical (unpaired) electrons. The van der Waals surface area contributed by atoms with Gasteiger partial charge in [-0.2, -0.15) is 0 Å². The Kier molecular flexibility index (Phi) is 9.61. The van der Waals surface area contributed by atoms with Crippen molar-refractivity contribution in [2.75, 3.05) is 20.3 Å². The highest BCUT2D eigenvalue weighted by Crippen LogP contribution is 2.37. The van der Waals surface area contributed by atoms with Gasteiger partial charge in [0.15, 0.2) is 5.75 Å². The van der Waals surface area contributed by atoms with E-state index >= 15 is 0 Å². The smallest absolute Gasteiger partial charge is 0.330 e. The Hall–Kier alpha value is -4.98. The lowest BCUT2D eigenvalue weighted by atomic mass is 10.00. The molecule has 1 aromatic heterocycles. The molecular weight excluding hydrogens is 506 g/mol. The summed E-state index contributed by atoms with van der Waals surface area (Å²) in [6, 6.07) is 26.6. The van der Waals surface area contributed by atoms with Crippen molar-refractivity contribution in [1.29, 1.82) is 0 Å². The number of fused-ring (bicyclic) bond motifs is 1. The first-order valence-electron chi connectivity index (χ1n) is 13.0. The van der Waals surface area contributed by atoms with Gasteiger partial charge in [-0.3, -0.25) is 9.59 Å². The number of nitrogens with zero attached hydrogens (tertiary/aromatic N) is 1. The Labute approximate surface area is 233 Å². The van der Waals surface area contributed by atoms with Crippen LogP contribution in [0.4, 0.5) is 0 Å². The molecular formula is C32H31N3O5. The number of methoxy groups -OCH3 is 1. The third-order valence-corrected chi connectivity index (χ3v) is 6.26. The highest BCUT2D eigenvalue weighted by atomic mass is 16.5. The van der Waals surface area contributed by atoms with E-state index in [-0.39, 0.29) is 25.1 Å². The van der Waals surface area contributed by atoms with E-state index in [1.165, 1.54) is 7.11 Å². The average molecular weight is 538 g/mol. The Balaban J connectivity index is 1.70. The van der Waals surface area contributed by atoms with Crippen molar-refractivity contribution in [3.8, 4) is 17.0 Å². The number of hydrogen-bond acceptors (Lipinski definition) is 6. The first-order chi connectivity index (χ1) is 19.5. The van der Waals surface area contributed by atoms with Gasteiger partial charge in [0.05, 0.1) is 30.8 Å². The minimum absolute atomic E-state index is 0.0633. The molecule has 4 aromatic rings. The molecule has 0 unspecified atom stereocenters. The van der Waals surface area contributed by atoms with E-state index in [1.54, 1.807) is 0 Å². The van der Waals surface area contributed by atoms with E-state index in [2.05, 4.69) is 15.4 Å². The number of ether oxygens (including phenoxy) is 2. The second-order valence-corrected chi connectivity index (χ2v) is 8.89. The van der Waals surface area contributed by atoms with Crippen LogP contribution in [0, 0.1) is 0 Å². The van der Waals surface area contributed by atoms with Crippen LogP contribution in [0.2, 0.25) is 0 Å². The van der Waals surface area contributed by atoms with Crippen molar-refractivity contribution in [1.82, 2.24) is 15.6 Å². The van der Waals surface area contributed by atoms with Crippen LogP contribution in [-0.2, 0) is 14.3 Å².